The van der Waals surface area contributed by atoms with Crippen molar-refractivity contribution in [3.63, 3.8) is 0 Å². The van der Waals surface area contributed by atoms with Gasteiger partial charge in [-0.2, -0.15) is 26.3 Å². The van der Waals surface area contributed by atoms with E-state index in [1.807, 2.05) is 0 Å². The summed E-state index contributed by atoms with van der Waals surface area (Å²) in [6, 6.07) is 0.0359. The first-order valence-electron chi connectivity index (χ1n) is 4.58. The lowest BCUT2D eigenvalue weighted by Crippen LogP contribution is -2.46. The van der Waals surface area contributed by atoms with Crippen LogP contribution in [0.15, 0.2) is 12.1 Å². The molecule has 1 rings (SSSR count). The molecular weight excluding hydrogens is 400 g/mol. The minimum atomic E-state index is -5.44. The molecule has 0 aromatic heterocycles. The minimum Gasteiger partial charge on any atom is -0.262 e. The Morgan fingerprint density at radius 2 is 1.62 bits per heavy atom. The zero-order valence-electron chi connectivity index (χ0n) is 9.52. The molecule has 0 atom stereocenters. The summed E-state index contributed by atoms with van der Waals surface area (Å²) in [4.78, 5) is 10.8. The van der Waals surface area contributed by atoms with Gasteiger partial charge in [0.2, 0.25) is 0 Å². The van der Waals surface area contributed by atoms with Crippen LogP contribution in [-0.2, 0) is 11.0 Å². The van der Waals surface area contributed by atoms with E-state index in [9.17, 15) is 35.5 Å². The van der Waals surface area contributed by atoms with Crippen LogP contribution in [0.2, 0.25) is 5.02 Å². The van der Waals surface area contributed by atoms with Crippen molar-refractivity contribution in [1.82, 2.24) is 0 Å². The van der Waals surface area contributed by atoms with Crippen molar-refractivity contribution in [3.8, 4) is 0 Å². The van der Waals surface area contributed by atoms with Gasteiger partial charge in [-0.25, -0.2) is 15.2 Å². The quantitative estimate of drug-likeness (QED) is 0.334. The fourth-order valence-electron chi connectivity index (χ4n) is 1.20. The highest BCUT2D eigenvalue weighted by Crippen LogP contribution is 2.37. The summed E-state index contributed by atoms with van der Waals surface area (Å²) in [5.41, 5.74) is -2.83. The van der Waals surface area contributed by atoms with Crippen LogP contribution in [0.25, 0.3) is 0 Å². The summed E-state index contributed by atoms with van der Waals surface area (Å²) in [7, 11) is 0. The highest BCUT2D eigenvalue weighted by molar-refractivity contribution is 8.93. The van der Waals surface area contributed by atoms with Crippen molar-refractivity contribution >= 4 is 40.2 Å². The first kappa shape index (κ1) is 19.9. The molecule has 0 aliphatic rings. The summed E-state index contributed by atoms with van der Waals surface area (Å²) < 4.78 is 86.7. The highest BCUT2D eigenvalue weighted by atomic mass is 79.9. The Bertz CT molecular complexity index is 523. The molecule has 0 bridgehead atoms. The van der Waals surface area contributed by atoms with Gasteiger partial charge in [0.15, 0.2) is 5.82 Å². The minimum absolute atomic E-state index is 0. The van der Waals surface area contributed by atoms with E-state index in [0.717, 1.165) is 0 Å². The Kier molecular flexibility index (Phi) is 6.04. The van der Waals surface area contributed by atoms with Crippen molar-refractivity contribution < 1.29 is 35.5 Å². The molecule has 2 N–H and O–H groups in total. The molecular formula is C9H5BrClF7N2O. The van der Waals surface area contributed by atoms with E-state index >= 15 is 0 Å². The number of hydrogen-bond acceptors (Lipinski definition) is 2. The number of nitrogens with zero attached hydrogens (tertiary/aromatic N) is 1. The SMILES string of the molecule is Br.NN(C(=O)C(F)(F)F)c1c(F)cc(C(F)(F)F)cc1Cl. The van der Waals surface area contributed by atoms with E-state index in [2.05, 4.69) is 0 Å². The van der Waals surface area contributed by atoms with Crippen LogP contribution in [0, 0.1) is 5.82 Å². The third kappa shape index (κ3) is 4.45. The predicted octanol–water partition coefficient (Wildman–Crippen LogP) is 3.84. The first-order valence-corrected chi connectivity index (χ1v) is 4.95. The van der Waals surface area contributed by atoms with Gasteiger partial charge in [0.25, 0.3) is 0 Å². The van der Waals surface area contributed by atoms with Gasteiger partial charge in [-0.1, -0.05) is 11.6 Å². The van der Waals surface area contributed by atoms with Gasteiger partial charge in [0, 0.05) is 0 Å². The van der Waals surface area contributed by atoms with Gasteiger partial charge in [-0.05, 0) is 12.1 Å². The van der Waals surface area contributed by atoms with Gasteiger partial charge >= 0.3 is 18.3 Å². The molecule has 1 aromatic carbocycles. The number of amides is 1. The molecule has 0 heterocycles. The predicted molar refractivity (Wildman–Crippen MR) is 64.5 cm³/mol. The lowest BCUT2D eigenvalue weighted by atomic mass is 10.2. The zero-order valence-corrected chi connectivity index (χ0v) is 12.0. The summed E-state index contributed by atoms with van der Waals surface area (Å²) in [5.74, 6) is 0.246. The van der Waals surface area contributed by atoms with Gasteiger partial charge in [-0.3, -0.25) is 4.79 Å². The van der Waals surface area contributed by atoms with E-state index < -0.39 is 45.4 Å². The zero-order chi connectivity index (χ0) is 15.9. The molecule has 12 heteroatoms. The van der Waals surface area contributed by atoms with E-state index in [4.69, 9.17) is 17.4 Å². The number of alkyl halides is 6. The molecule has 0 radical (unpaired) electrons. The standard InChI is InChI=1S/C9H4ClF7N2O.BrH/c10-4-1-3(8(12,13)14)2-5(11)6(4)19(18)7(20)9(15,16)17;/h1-2H,18H2;1H. The fourth-order valence-corrected chi connectivity index (χ4v) is 1.50. The molecule has 1 amide bonds. The van der Waals surface area contributed by atoms with Gasteiger partial charge in [0.05, 0.1) is 10.6 Å². The summed E-state index contributed by atoms with van der Waals surface area (Å²) in [6.45, 7) is 0. The normalized spacial score (nSPS) is 11.9. The molecule has 0 spiro atoms. The van der Waals surface area contributed by atoms with Crippen molar-refractivity contribution in [3.05, 3.63) is 28.5 Å². The maximum Gasteiger partial charge on any atom is 0.473 e. The number of hydrazine groups is 1. The van der Waals surface area contributed by atoms with Crippen LogP contribution in [0.5, 0.6) is 0 Å². The molecule has 0 aliphatic carbocycles. The Morgan fingerprint density at radius 3 is 1.95 bits per heavy atom. The Balaban J connectivity index is 0.00000400. The van der Waals surface area contributed by atoms with Crippen molar-refractivity contribution in [2.24, 2.45) is 5.84 Å². The van der Waals surface area contributed by atoms with Gasteiger partial charge < -0.3 is 0 Å². The molecule has 0 unspecified atom stereocenters. The highest BCUT2D eigenvalue weighted by Gasteiger charge is 2.44. The molecule has 21 heavy (non-hydrogen) atoms. The number of anilines is 1. The number of rotatable bonds is 1. The largest absolute Gasteiger partial charge is 0.473 e. The molecule has 3 nitrogen and oxygen atoms in total. The Morgan fingerprint density at radius 1 is 1.14 bits per heavy atom. The van der Waals surface area contributed by atoms with E-state index in [-0.39, 0.29) is 29.1 Å². The monoisotopic (exact) mass is 404 g/mol. The lowest BCUT2D eigenvalue weighted by Gasteiger charge is -2.20. The molecule has 0 aliphatic heterocycles. The number of nitrogens with two attached hydrogens (primary N) is 1. The van der Waals surface area contributed by atoms with Gasteiger partial charge in [0.1, 0.15) is 5.69 Å². The molecule has 0 saturated carbocycles. The second kappa shape index (κ2) is 6.36. The van der Waals surface area contributed by atoms with Crippen molar-refractivity contribution in [2.75, 3.05) is 5.01 Å². The number of hydrogen-bond donors (Lipinski definition) is 1. The summed E-state index contributed by atoms with van der Waals surface area (Å²) >= 11 is 5.25. The van der Waals surface area contributed by atoms with Crippen LogP contribution in [0.4, 0.5) is 36.4 Å². The second-order valence-corrected chi connectivity index (χ2v) is 3.87. The molecule has 0 fully saturated rings. The average molecular weight is 405 g/mol. The van der Waals surface area contributed by atoms with Crippen molar-refractivity contribution in [2.45, 2.75) is 12.4 Å². The van der Waals surface area contributed by atoms with Crippen LogP contribution in [0.1, 0.15) is 5.56 Å². The average Bonchev–Trinajstić information content (AvgIpc) is 2.24. The number of carbonyl (C=O) groups is 1. The third-order valence-corrected chi connectivity index (χ3v) is 2.33. The summed E-state index contributed by atoms with van der Waals surface area (Å²) in [5, 5.41) is -1.78. The second-order valence-electron chi connectivity index (χ2n) is 3.46. The summed E-state index contributed by atoms with van der Waals surface area (Å²) in [6.07, 6.45) is -10.4. The Hall–Kier alpha value is -1.07. The lowest BCUT2D eigenvalue weighted by molar-refractivity contribution is -0.170. The first-order chi connectivity index (χ1) is 8.85. The maximum atomic E-state index is 13.4. The Labute approximate surface area is 128 Å². The van der Waals surface area contributed by atoms with Crippen LogP contribution >= 0.6 is 28.6 Å². The molecule has 120 valence electrons. The number of benzene rings is 1. The number of carbonyl (C=O) groups excluding carboxylic acids is 1. The van der Waals surface area contributed by atoms with E-state index in [1.165, 1.54) is 0 Å². The van der Waals surface area contributed by atoms with Crippen LogP contribution < -0.4 is 10.9 Å². The fraction of sp³-hybridized carbons (Fsp3) is 0.222. The molecule has 0 saturated heterocycles. The number of halogens is 9. The topological polar surface area (TPSA) is 46.3 Å². The smallest absolute Gasteiger partial charge is 0.262 e. The van der Waals surface area contributed by atoms with Crippen LogP contribution in [0.3, 0.4) is 0 Å². The third-order valence-electron chi connectivity index (χ3n) is 2.05. The van der Waals surface area contributed by atoms with Crippen molar-refractivity contribution in [1.29, 1.82) is 0 Å². The molecule has 1 aromatic rings. The van der Waals surface area contributed by atoms with E-state index in [0.29, 0.717) is 0 Å². The van der Waals surface area contributed by atoms with Crippen LogP contribution in [-0.4, -0.2) is 12.1 Å². The maximum absolute atomic E-state index is 13.4. The van der Waals surface area contributed by atoms with E-state index in [1.54, 1.807) is 0 Å². The van der Waals surface area contributed by atoms with Gasteiger partial charge in [-0.15, -0.1) is 17.0 Å².